The maximum absolute atomic E-state index is 12.6. The van der Waals surface area contributed by atoms with Crippen LogP contribution in [0, 0.1) is 0 Å². The number of fused-ring (bicyclic) bond motifs is 2. The van der Waals surface area contributed by atoms with Crippen molar-refractivity contribution in [2.24, 2.45) is 0 Å². The van der Waals surface area contributed by atoms with E-state index in [-0.39, 0.29) is 16.7 Å². The fourth-order valence-electron chi connectivity index (χ4n) is 5.38. The summed E-state index contributed by atoms with van der Waals surface area (Å²) in [7, 11) is 1.40. The molecule has 2 aromatic rings. The van der Waals surface area contributed by atoms with E-state index in [1.807, 2.05) is 0 Å². The number of hydrogen-bond donors (Lipinski definition) is 8. The molecule has 0 spiro atoms. The second-order valence-corrected chi connectivity index (χ2v) is 10.6. The first-order valence-corrected chi connectivity index (χ1v) is 13.3. The van der Waals surface area contributed by atoms with E-state index in [0.29, 0.717) is 23.1 Å². The minimum atomic E-state index is -1.80. The first-order chi connectivity index (χ1) is 19.9. The molecule has 0 aromatic heterocycles. The maximum atomic E-state index is 12.6. The number of esters is 1. The van der Waals surface area contributed by atoms with Gasteiger partial charge in [0.2, 0.25) is 6.29 Å². The molecule has 2 saturated heterocycles. The zero-order valence-electron chi connectivity index (χ0n) is 22.6. The lowest BCUT2D eigenvalue weighted by molar-refractivity contribution is -0.323. The predicted octanol–water partition coefficient (Wildman–Crippen LogP) is -2.34. The Kier molecular flexibility index (Phi) is 8.78. The topological polar surface area (TPSA) is 234 Å². The van der Waals surface area contributed by atoms with Crippen LogP contribution in [0.1, 0.15) is 22.8 Å². The van der Waals surface area contributed by atoms with Gasteiger partial charge in [0.05, 0.1) is 25.7 Å². The summed E-state index contributed by atoms with van der Waals surface area (Å²) in [5.74, 6) is -0.928. The minimum Gasteiger partial charge on any atom is -0.506 e. The molecule has 42 heavy (non-hydrogen) atoms. The van der Waals surface area contributed by atoms with Crippen molar-refractivity contribution >= 4 is 16.7 Å². The van der Waals surface area contributed by atoms with Crippen LogP contribution in [0.15, 0.2) is 18.2 Å². The highest BCUT2D eigenvalue weighted by molar-refractivity contribution is 6.06. The fourth-order valence-corrected chi connectivity index (χ4v) is 5.38. The van der Waals surface area contributed by atoms with Crippen LogP contribution in [0.4, 0.5) is 0 Å². The molecule has 3 heterocycles. The summed E-state index contributed by atoms with van der Waals surface area (Å²) in [4.78, 5) is 12.6. The van der Waals surface area contributed by atoms with Gasteiger partial charge in [-0.1, -0.05) is 0 Å². The molecular formula is C27H34O15. The van der Waals surface area contributed by atoms with Crippen molar-refractivity contribution in [1.29, 1.82) is 0 Å². The highest BCUT2D eigenvalue weighted by Gasteiger charge is 2.48. The second kappa shape index (κ2) is 12.0. The molecule has 3 aliphatic heterocycles. The number of ether oxygens (including phenoxy) is 6. The van der Waals surface area contributed by atoms with Crippen LogP contribution in [0.5, 0.6) is 17.2 Å². The predicted molar refractivity (Wildman–Crippen MR) is 138 cm³/mol. The molecule has 1 unspecified atom stereocenters. The number of cyclic esters (lactones) is 1. The van der Waals surface area contributed by atoms with Crippen molar-refractivity contribution in [2.45, 2.75) is 80.9 Å². The Labute approximate surface area is 238 Å². The average molecular weight is 599 g/mol. The van der Waals surface area contributed by atoms with Crippen molar-refractivity contribution < 1.29 is 74.1 Å². The molecule has 2 fully saturated rings. The number of aromatic hydroxyl groups is 1. The molecule has 8 N–H and O–H groups in total. The molecule has 0 saturated carbocycles. The van der Waals surface area contributed by atoms with E-state index in [0.717, 1.165) is 0 Å². The SMILES string of the molecule is COc1cc(O[C@@H]2O[C@H](CO[C@@H]3O[C@H](CO)[C@@H](O)[C@H](O)[C@H]3O)[C@@H](O)[C@H](O)[C@H]2O)c2c(O)c3c(cc2c1)CC(C)OC3=O. The average Bonchev–Trinajstić information content (AvgIpc) is 2.95. The van der Waals surface area contributed by atoms with Crippen LogP contribution in [0.2, 0.25) is 0 Å². The van der Waals surface area contributed by atoms with Gasteiger partial charge in [-0.3, -0.25) is 0 Å². The lowest BCUT2D eigenvalue weighted by Gasteiger charge is -2.42. The number of phenols is 1. The van der Waals surface area contributed by atoms with Crippen molar-refractivity contribution in [3.05, 3.63) is 29.3 Å². The number of hydrogen-bond acceptors (Lipinski definition) is 15. The number of rotatable bonds is 7. The van der Waals surface area contributed by atoms with Gasteiger partial charge >= 0.3 is 5.97 Å². The number of benzene rings is 2. The number of methoxy groups -OCH3 is 1. The maximum Gasteiger partial charge on any atom is 0.342 e. The number of carbonyl (C=O) groups excluding carboxylic acids is 1. The molecule has 232 valence electrons. The quantitative estimate of drug-likeness (QED) is 0.156. The van der Waals surface area contributed by atoms with Crippen LogP contribution in [-0.2, 0) is 25.4 Å². The zero-order chi connectivity index (χ0) is 30.5. The Morgan fingerprint density at radius 2 is 1.52 bits per heavy atom. The van der Waals surface area contributed by atoms with E-state index in [1.165, 1.54) is 13.2 Å². The van der Waals surface area contributed by atoms with Crippen LogP contribution >= 0.6 is 0 Å². The molecular weight excluding hydrogens is 564 g/mol. The molecule has 0 amide bonds. The van der Waals surface area contributed by atoms with Gasteiger partial charge in [0, 0.05) is 12.5 Å². The van der Waals surface area contributed by atoms with E-state index in [9.17, 15) is 45.6 Å². The third-order valence-electron chi connectivity index (χ3n) is 7.67. The second-order valence-electron chi connectivity index (χ2n) is 10.6. The van der Waals surface area contributed by atoms with Gasteiger partial charge in [0.25, 0.3) is 0 Å². The summed E-state index contributed by atoms with van der Waals surface area (Å²) in [5.41, 5.74) is 0.517. The van der Waals surface area contributed by atoms with Gasteiger partial charge in [-0.25, -0.2) is 4.79 Å². The molecule has 2 aromatic carbocycles. The highest BCUT2D eigenvalue weighted by atomic mass is 16.7. The van der Waals surface area contributed by atoms with Gasteiger partial charge in [-0.2, -0.15) is 0 Å². The normalized spacial score (nSPS) is 36.8. The van der Waals surface area contributed by atoms with Crippen LogP contribution in [-0.4, -0.2) is 135 Å². The van der Waals surface area contributed by atoms with Crippen LogP contribution in [0.25, 0.3) is 10.8 Å². The van der Waals surface area contributed by atoms with E-state index in [2.05, 4.69) is 0 Å². The van der Waals surface area contributed by atoms with E-state index in [1.54, 1.807) is 19.1 Å². The first kappa shape index (κ1) is 30.6. The molecule has 0 aliphatic carbocycles. The molecule has 11 atom stereocenters. The third kappa shape index (κ3) is 5.48. The van der Waals surface area contributed by atoms with Crippen LogP contribution < -0.4 is 9.47 Å². The molecule has 5 rings (SSSR count). The molecule has 15 heteroatoms. The summed E-state index contributed by atoms with van der Waals surface area (Å²) in [6, 6.07) is 4.67. The number of phenolic OH excluding ortho intramolecular Hbond substituents is 1. The Bertz CT molecular complexity index is 1300. The van der Waals surface area contributed by atoms with E-state index in [4.69, 9.17) is 28.4 Å². The van der Waals surface area contributed by atoms with Gasteiger partial charge < -0.3 is 69.3 Å². The molecule has 15 nitrogen and oxygen atoms in total. The standard InChI is InChI=1S/C27H34O15/c1-9-3-10-4-11-5-12(37-2)6-13(16(11)20(31)17(10)25(36)39-9)40-27-24(35)22(33)19(30)15(42-27)8-38-26-23(34)21(32)18(29)14(7-28)41-26/h4-6,9,14-15,18-19,21-24,26-35H,3,7-8H2,1-2H3/t9?,14-,15-,18-,19-,21+,22+,23-,24-,26-,27-/m1/s1. The number of aliphatic hydroxyl groups excluding tert-OH is 7. The van der Waals surface area contributed by atoms with Crippen molar-refractivity contribution in [1.82, 2.24) is 0 Å². The summed E-state index contributed by atoms with van der Waals surface area (Å²) in [5, 5.41) is 83.0. The summed E-state index contributed by atoms with van der Waals surface area (Å²) in [6.07, 6.45) is -16.2. The zero-order valence-corrected chi connectivity index (χ0v) is 22.6. The Hall–Kier alpha value is -2.83. The Balaban J connectivity index is 1.41. The number of carbonyl (C=O) groups is 1. The summed E-state index contributed by atoms with van der Waals surface area (Å²) in [6.45, 7) is 0.478. The Morgan fingerprint density at radius 1 is 0.881 bits per heavy atom. The molecule has 0 bridgehead atoms. The number of aliphatic hydroxyl groups is 7. The Morgan fingerprint density at radius 3 is 2.19 bits per heavy atom. The molecule has 3 aliphatic rings. The summed E-state index contributed by atoms with van der Waals surface area (Å²) < 4.78 is 33.0. The third-order valence-corrected chi connectivity index (χ3v) is 7.67. The lowest BCUT2D eigenvalue weighted by atomic mass is 9.93. The molecule has 0 radical (unpaired) electrons. The van der Waals surface area contributed by atoms with Gasteiger partial charge in [-0.15, -0.1) is 0 Å². The minimum absolute atomic E-state index is 0.0398. The fraction of sp³-hybridized carbons (Fsp3) is 0.593. The van der Waals surface area contributed by atoms with Crippen LogP contribution in [0.3, 0.4) is 0 Å². The highest BCUT2D eigenvalue weighted by Crippen LogP contribution is 2.43. The van der Waals surface area contributed by atoms with Gasteiger partial charge in [0.15, 0.2) is 6.29 Å². The first-order valence-electron chi connectivity index (χ1n) is 13.3. The smallest absolute Gasteiger partial charge is 0.342 e. The van der Waals surface area contributed by atoms with E-state index >= 15 is 0 Å². The van der Waals surface area contributed by atoms with E-state index < -0.39 is 92.4 Å². The van der Waals surface area contributed by atoms with Gasteiger partial charge in [-0.05, 0) is 30.0 Å². The van der Waals surface area contributed by atoms with Crippen molar-refractivity contribution in [3.8, 4) is 17.2 Å². The monoisotopic (exact) mass is 598 g/mol. The summed E-state index contributed by atoms with van der Waals surface area (Å²) >= 11 is 0. The van der Waals surface area contributed by atoms with Crippen molar-refractivity contribution in [2.75, 3.05) is 20.3 Å². The van der Waals surface area contributed by atoms with Crippen molar-refractivity contribution in [3.63, 3.8) is 0 Å². The van der Waals surface area contributed by atoms with Gasteiger partial charge in [0.1, 0.15) is 77.7 Å². The largest absolute Gasteiger partial charge is 0.506 e. The lowest BCUT2D eigenvalue weighted by Crippen LogP contribution is -2.62.